The zero-order valence-corrected chi connectivity index (χ0v) is 11.8. The maximum atomic E-state index is 5.64. The Balaban J connectivity index is 1.55. The molecule has 1 aromatic heterocycles. The van der Waals surface area contributed by atoms with Crippen molar-refractivity contribution in [3.05, 3.63) is 11.6 Å². The SMILES string of the molecule is Cn1nc(CN)nc1CC1C2CC3CC(C2)CC1C3. The monoisotopic (exact) mass is 260 g/mol. The van der Waals surface area contributed by atoms with Crippen LogP contribution in [-0.2, 0) is 20.0 Å². The van der Waals surface area contributed by atoms with E-state index in [1.807, 2.05) is 11.7 Å². The van der Waals surface area contributed by atoms with Gasteiger partial charge in [0.15, 0.2) is 5.82 Å². The van der Waals surface area contributed by atoms with Crippen LogP contribution in [0, 0.1) is 29.6 Å². The van der Waals surface area contributed by atoms with Crippen molar-refractivity contribution in [2.24, 2.45) is 42.4 Å². The molecule has 4 saturated carbocycles. The molecule has 0 spiro atoms. The topological polar surface area (TPSA) is 56.7 Å². The van der Waals surface area contributed by atoms with Gasteiger partial charge in [0.25, 0.3) is 0 Å². The van der Waals surface area contributed by atoms with Gasteiger partial charge in [0.2, 0.25) is 0 Å². The van der Waals surface area contributed by atoms with Gasteiger partial charge < -0.3 is 5.73 Å². The van der Waals surface area contributed by atoms with E-state index in [0.717, 1.165) is 47.7 Å². The third kappa shape index (κ3) is 1.92. The number of nitrogens with two attached hydrogens (primary N) is 1. The number of aromatic nitrogens is 3. The lowest BCUT2D eigenvalue weighted by Crippen LogP contribution is -2.46. The van der Waals surface area contributed by atoms with Gasteiger partial charge >= 0.3 is 0 Å². The summed E-state index contributed by atoms with van der Waals surface area (Å²) in [6.45, 7) is 0.454. The van der Waals surface area contributed by atoms with E-state index in [2.05, 4.69) is 10.1 Å². The molecule has 0 amide bonds. The average Bonchev–Trinajstić information content (AvgIpc) is 2.74. The lowest BCUT2D eigenvalue weighted by molar-refractivity contribution is -0.0370. The van der Waals surface area contributed by atoms with Gasteiger partial charge in [0.05, 0.1) is 6.54 Å². The fourth-order valence-corrected chi connectivity index (χ4v) is 5.32. The Kier molecular flexibility index (Phi) is 2.69. The fraction of sp³-hybridized carbons (Fsp3) is 0.867. The zero-order valence-electron chi connectivity index (χ0n) is 11.8. The maximum absolute atomic E-state index is 5.64. The molecule has 4 heteroatoms. The normalized spacial score (nSPS) is 40.0. The molecule has 4 fully saturated rings. The van der Waals surface area contributed by atoms with Gasteiger partial charge in [-0.25, -0.2) is 4.98 Å². The summed E-state index contributed by atoms with van der Waals surface area (Å²) in [6, 6.07) is 0. The molecule has 4 aliphatic carbocycles. The van der Waals surface area contributed by atoms with Crippen LogP contribution in [0.4, 0.5) is 0 Å². The summed E-state index contributed by atoms with van der Waals surface area (Å²) in [4.78, 5) is 4.61. The second-order valence-corrected chi connectivity index (χ2v) is 7.07. The third-order valence-electron chi connectivity index (χ3n) is 5.92. The highest BCUT2D eigenvalue weighted by molar-refractivity contribution is 5.03. The zero-order chi connectivity index (χ0) is 13.0. The highest BCUT2D eigenvalue weighted by Gasteiger charge is 2.48. The van der Waals surface area contributed by atoms with Crippen molar-refractivity contribution in [1.82, 2.24) is 14.8 Å². The molecule has 0 atom stereocenters. The quantitative estimate of drug-likeness (QED) is 0.903. The first-order valence-corrected chi connectivity index (χ1v) is 7.81. The Morgan fingerprint density at radius 3 is 2.26 bits per heavy atom. The second-order valence-electron chi connectivity index (χ2n) is 7.07. The average molecular weight is 260 g/mol. The van der Waals surface area contributed by atoms with Crippen LogP contribution in [0.2, 0.25) is 0 Å². The molecule has 0 radical (unpaired) electrons. The smallest absolute Gasteiger partial charge is 0.164 e. The molecule has 4 aliphatic rings. The minimum atomic E-state index is 0.454. The van der Waals surface area contributed by atoms with Crippen molar-refractivity contribution in [2.45, 2.75) is 45.1 Å². The Morgan fingerprint density at radius 2 is 1.74 bits per heavy atom. The molecule has 0 aromatic carbocycles. The van der Waals surface area contributed by atoms with E-state index >= 15 is 0 Å². The van der Waals surface area contributed by atoms with Gasteiger partial charge in [-0.05, 0) is 61.7 Å². The molecule has 5 rings (SSSR count). The lowest BCUT2D eigenvalue weighted by Gasteiger charge is -2.54. The van der Waals surface area contributed by atoms with E-state index < -0.39 is 0 Å². The minimum Gasteiger partial charge on any atom is -0.324 e. The second kappa shape index (κ2) is 4.30. The molecule has 4 bridgehead atoms. The number of rotatable bonds is 3. The summed E-state index contributed by atoms with van der Waals surface area (Å²) in [5, 5.41) is 4.39. The summed E-state index contributed by atoms with van der Waals surface area (Å²) in [7, 11) is 2.01. The van der Waals surface area contributed by atoms with Gasteiger partial charge in [-0.15, -0.1) is 0 Å². The molecule has 2 N–H and O–H groups in total. The van der Waals surface area contributed by atoms with Crippen LogP contribution in [-0.4, -0.2) is 14.8 Å². The van der Waals surface area contributed by atoms with Gasteiger partial charge in [-0.2, -0.15) is 5.10 Å². The number of nitrogens with zero attached hydrogens (tertiary/aromatic N) is 3. The Labute approximate surface area is 114 Å². The maximum Gasteiger partial charge on any atom is 0.164 e. The summed E-state index contributed by atoms with van der Waals surface area (Å²) >= 11 is 0. The Hall–Kier alpha value is -0.900. The molecule has 0 saturated heterocycles. The first-order valence-electron chi connectivity index (χ1n) is 7.81. The van der Waals surface area contributed by atoms with Gasteiger partial charge in [0, 0.05) is 13.5 Å². The van der Waals surface area contributed by atoms with E-state index in [1.54, 1.807) is 0 Å². The molecule has 0 unspecified atom stereocenters. The van der Waals surface area contributed by atoms with Crippen molar-refractivity contribution < 1.29 is 0 Å². The molecule has 104 valence electrons. The largest absolute Gasteiger partial charge is 0.324 e. The van der Waals surface area contributed by atoms with Crippen molar-refractivity contribution in [1.29, 1.82) is 0 Å². The van der Waals surface area contributed by atoms with Crippen LogP contribution in [0.15, 0.2) is 0 Å². The van der Waals surface area contributed by atoms with Crippen LogP contribution in [0.25, 0.3) is 0 Å². The Bertz CT molecular complexity index is 450. The van der Waals surface area contributed by atoms with E-state index in [0.29, 0.717) is 6.54 Å². The van der Waals surface area contributed by atoms with Gasteiger partial charge in [0.1, 0.15) is 5.82 Å². The molecule has 4 nitrogen and oxygen atoms in total. The predicted octanol–water partition coefficient (Wildman–Crippen LogP) is 1.89. The van der Waals surface area contributed by atoms with Crippen LogP contribution >= 0.6 is 0 Å². The van der Waals surface area contributed by atoms with Crippen molar-refractivity contribution in [3.63, 3.8) is 0 Å². The van der Waals surface area contributed by atoms with E-state index in [4.69, 9.17) is 5.73 Å². The molecular formula is C15H24N4. The van der Waals surface area contributed by atoms with Gasteiger partial charge in [-0.3, -0.25) is 4.68 Å². The first kappa shape index (κ1) is 11.9. The van der Waals surface area contributed by atoms with Crippen LogP contribution in [0.5, 0.6) is 0 Å². The highest BCUT2D eigenvalue weighted by Crippen LogP contribution is 2.57. The summed E-state index contributed by atoms with van der Waals surface area (Å²) in [6.07, 6.45) is 8.59. The number of hydrogen-bond donors (Lipinski definition) is 1. The fourth-order valence-electron chi connectivity index (χ4n) is 5.32. The number of hydrogen-bond acceptors (Lipinski definition) is 3. The Morgan fingerprint density at radius 1 is 1.11 bits per heavy atom. The molecule has 1 aromatic rings. The summed E-state index contributed by atoms with van der Waals surface area (Å²) in [5.41, 5.74) is 5.64. The number of aryl methyl sites for hydroxylation is 1. The van der Waals surface area contributed by atoms with Crippen LogP contribution < -0.4 is 5.73 Å². The van der Waals surface area contributed by atoms with E-state index in [-0.39, 0.29) is 0 Å². The van der Waals surface area contributed by atoms with Crippen molar-refractivity contribution in [2.75, 3.05) is 0 Å². The standard InChI is InChI=1S/C15H24N4/c1-19-15(17-14(8-16)18-19)7-13-11-3-9-2-10(5-11)6-12(13)4-9/h9-13H,2-8,16H2,1H3. The minimum absolute atomic E-state index is 0.454. The summed E-state index contributed by atoms with van der Waals surface area (Å²) in [5.74, 6) is 6.85. The lowest BCUT2D eigenvalue weighted by atomic mass is 9.51. The highest BCUT2D eigenvalue weighted by atomic mass is 15.3. The first-order chi connectivity index (χ1) is 9.22. The molecular weight excluding hydrogens is 236 g/mol. The third-order valence-corrected chi connectivity index (χ3v) is 5.92. The molecule has 1 heterocycles. The van der Waals surface area contributed by atoms with E-state index in [1.165, 1.54) is 32.1 Å². The summed E-state index contributed by atoms with van der Waals surface area (Å²) < 4.78 is 1.95. The van der Waals surface area contributed by atoms with Crippen LogP contribution in [0.1, 0.15) is 43.8 Å². The van der Waals surface area contributed by atoms with Crippen molar-refractivity contribution in [3.8, 4) is 0 Å². The molecule has 19 heavy (non-hydrogen) atoms. The molecule has 0 aliphatic heterocycles. The van der Waals surface area contributed by atoms with Crippen molar-refractivity contribution >= 4 is 0 Å². The van der Waals surface area contributed by atoms with Crippen LogP contribution in [0.3, 0.4) is 0 Å². The van der Waals surface area contributed by atoms with Gasteiger partial charge in [-0.1, -0.05) is 0 Å². The van der Waals surface area contributed by atoms with E-state index in [9.17, 15) is 0 Å². The predicted molar refractivity (Wildman–Crippen MR) is 73.1 cm³/mol.